The van der Waals surface area contributed by atoms with Gasteiger partial charge in [-0.05, 0) is 81.9 Å². The molecular weight excluding hydrogens is 590 g/mol. The molecule has 0 radical (unpaired) electrons. The molecule has 2 N–H and O–H groups in total. The minimum absolute atomic E-state index is 0.207. The van der Waals surface area contributed by atoms with Gasteiger partial charge in [0.2, 0.25) is 5.95 Å². The van der Waals surface area contributed by atoms with Crippen LogP contribution >= 0.6 is 0 Å². The molecule has 0 bridgehead atoms. The van der Waals surface area contributed by atoms with E-state index < -0.39 is 0 Å². The van der Waals surface area contributed by atoms with Gasteiger partial charge in [-0.15, -0.1) is 10.2 Å². The average molecular weight is 636 g/mol. The quantitative estimate of drug-likeness (QED) is 0.417. The first-order chi connectivity index (χ1) is 22.9. The number of aromatic nitrogens is 4. The van der Waals surface area contributed by atoms with Gasteiger partial charge in [0.15, 0.2) is 5.82 Å². The number of piperazine rings is 2. The number of nitrogens with one attached hydrogen (secondary N) is 1. The molecule has 47 heavy (non-hydrogen) atoms. The predicted molar refractivity (Wildman–Crippen MR) is 182 cm³/mol. The summed E-state index contributed by atoms with van der Waals surface area (Å²) in [7, 11) is 0. The topological polar surface area (TPSA) is 114 Å². The molecule has 0 amide bonds. The molecule has 2 saturated heterocycles. The highest BCUT2D eigenvalue weighted by Crippen LogP contribution is 2.58. The molecule has 246 valence electrons. The summed E-state index contributed by atoms with van der Waals surface area (Å²) < 4.78 is 0. The number of aromatic hydroxyl groups is 1. The minimum atomic E-state index is 0.207. The van der Waals surface area contributed by atoms with Crippen LogP contribution in [-0.4, -0.2) is 99.4 Å². The standard InChI is InChI=1S/C36H45N9O2/c1-24(46)25-6-8-35(9-7-25)17-26(18-35)45-15-13-43(23-36(45)10-11-36)27-19-38-34(39-20-27)42-12-14-44-28(22-42)21-37-33-31(44)16-30(40-41-33)29-4-2-3-5-32(29)47/h2-5,16,19-20,25-26,28,47H,6-15,17-18,21-23H2,1H3,(H,37,41)/t25?,26?,28-,35?/m0/s1. The van der Waals surface area contributed by atoms with Crippen LogP contribution in [0.25, 0.3) is 11.3 Å². The van der Waals surface area contributed by atoms with Gasteiger partial charge in [0.1, 0.15) is 11.5 Å². The number of carbonyl (C=O) groups is 1. The summed E-state index contributed by atoms with van der Waals surface area (Å²) in [5.74, 6) is 2.50. The van der Waals surface area contributed by atoms with E-state index in [9.17, 15) is 9.90 Å². The summed E-state index contributed by atoms with van der Waals surface area (Å²) in [6, 6.07) is 10.3. The molecule has 3 aliphatic heterocycles. The summed E-state index contributed by atoms with van der Waals surface area (Å²) in [6.45, 7) is 8.25. The lowest BCUT2D eigenvalue weighted by Gasteiger charge is -2.58. The van der Waals surface area contributed by atoms with Crippen molar-refractivity contribution >= 4 is 28.9 Å². The van der Waals surface area contributed by atoms with Crippen molar-refractivity contribution < 1.29 is 9.90 Å². The van der Waals surface area contributed by atoms with Crippen molar-refractivity contribution in [2.75, 3.05) is 65.8 Å². The SMILES string of the molecule is CC(=O)C1CCC2(CC1)CC(N1CCN(c3cnc(N4CCN5c6cc(-c7ccccc7O)nnc6NC[C@H]5C4)nc3)CC13CC3)C2. The second kappa shape index (κ2) is 11.0. The van der Waals surface area contributed by atoms with Crippen molar-refractivity contribution in [1.82, 2.24) is 25.1 Å². The number of Topliss-reactive ketones (excluding diaryl/α,β-unsaturated/α-hetero) is 1. The number of hydrogen-bond acceptors (Lipinski definition) is 11. The van der Waals surface area contributed by atoms with Crippen LogP contribution in [0.2, 0.25) is 0 Å². The van der Waals surface area contributed by atoms with E-state index in [1.807, 2.05) is 36.7 Å². The van der Waals surface area contributed by atoms with Gasteiger partial charge in [-0.1, -0.05) is 12.1 Å². The lowest BCUT2D eigenvalue weighted by molar-refractivity contribution is -0.124. The Morgan fingerprint density at radius 2 is 1.70 bits per heavy atom. The molecule has 11 nitrogen and oxygen atoms in total. The molecule has 1 aromatic carbocycles. The lowest BCUT2D eigenvalue weighted by Crippen LogP contribution is -2.63. The zero-order valence-corrected chi connectivity index (χ0v) is 27.3. The monoisotopic (exact) mass is 635 g/mol. The van der Waals surface area contributed by atoms with Gasteiger partial charge in [-0.25, -0.2) is 9.97 Å². The Morgan fingerprint density at radius 1 is 0.936 bits per heavy atom. The zero-order chi connectivity index (χ0) is 31.8. The maximum absolute atomic E-state index is 11.9. The number of rotatable bonds is 5. The largest absolute Gasteiger partial charge is 0.507 e. The first kappa shape index (κ1) is 29.2. The summed E-state index contributed by atoms with van der Waals surface area (Å²) >= 11 is 0. The van der Waals surface area contributed by atoms with Crippen LogP contribution in [0.15, 0.2) is 42.7 Å². The van der Waals surface area contributed by atoms with Crippen LogP contribution in [0, 0.1) is 11.3 Å². The van der Waals surface area contributed by atoms with E-state index in [0.29, 0.717) is 33.9 Å². The van der Waals surface area contributed by atoms with Crippen LogP contribution < -0.4 is 20.0 Å². The van der Waals surface area contributed by atoms with Gasteiger partial charge in [0.05, 0.1) is 35.5 Å². The zero-order valence-electron chi connectivity index (χ0n) is 27.3. The summed E-state index contributed by atoms with van der Waals surface area (Å²) in [5, 5.41) is 22.7. The maximum atomic E-state index is 11.9. The van der Waals surface area contributed by atoms with E-state index in [0.717, 1.165) is 87.8 Å². The Bertz CT molecular complexity index is 1660. The summed E-state index contributed by atoms with van der Waals surface area (Å²) in [6.07, 6.45) is 14.0. The molecule has 2 aromatic heterocycles. The van der Waals surface area contributed by atoms with Gasteiger partial charge >= 0.3 is 0 Å². The minimum Gasteiger partial charge on any atom is -0.507 e. The van der Waals surface area contributed by atoms with Gasteiger partial charge in [-0.3, -0.25) is 9.69 Å². The Balaban J connectivity index is 0.823. The fraction of sp³-hybridized carbons (Fsp3) is 0.583. The number of ketones is 1. The van der Waals surface area contributed by atoms with E-state index in [2.05, 4.69) is 35.1 Å². The van der Waals surface area contributed by atoms with E-state index >= 15 is 0 Å². The fourth-order valence-corrected chi connectivity index (χ4v) is 9.51. The van der Waals surface area contributed by atoms with Crippen molar-refractivity contribution in [1.29, 1.82) is 0 Å². The highest BCUT2D eigenvalue weighted by Gasteiger charge is 2.58. The molecule has 1 atom stereocenters. The van der Waals surface area contributed by atoms with Crippen molar-refractivity contribution in [3.05, 3.63) is 42.7 Å². The number of phenols is 1. The third-order valence-corrected chi connectivity index (χ3v) is 12.5. The van der Waals surface area contributed by atoms with Crippen LogP contribution in [0.4, 0.5) is 23.1 Å². The molecule has 5 fully saturated rings. The number of nitrogens with zero attached hydrogens (tertiary/aromatic N) is 8. The number of phenolic OH excluding ortho intramolecular Hbond substituents is 1. The normalized spacial score (nSPS) is 29.6. The predicted octanol–water partition coefficient (Wildman–Crippen LogP) is 4.34. The third-order valence-electron chi connectivity index (χ3n) is 12.5. The molecule has 2 spiro atoms. The molecule has 0 unspecified atom stereocenters. The molecule has 5 heterocycles. The van der Waals surface area contributed by atoms with Crippen LogP contribution in [-0.2, 0) is 4.79 Å². The number of anilines is 4. The molecule has 6 aliphatic rings. The smallest absolute Gasteiger partial charge is 0.225 e. The molecule has 11 heteroatoms. The lowest BCUT2D eigenvalue weighted by atomic mass is 9.56. The van der Waals surface area contributed by atoms with E-state index in [1.54, 1.807) is 13.0 Å². The number of benzene rings is 1. The molecule has 3 aromatic rings. The summed E-state index contributed by atoms with van der Waals surface area (Å²) in [5.41, 5.74) is 4.35. The number of fused-ring (bicyclic) bond motifs is 3. The van der Waals surface area contributed by atoms with Crippen LogP contribution in [0.3, 0.4) is 0 Å². The first-order valence-electron chi connectivity index (χ1n) is 17.6. The molecule has 3 saturated carbocycles. The van der Waals surface area contributed by atoms with Crippen molar-refractivity contribution in [3.8, 4) is 17.0 Å². The fourth-order valence-electron chi connectivity index (χ4n) is 9.51. The number of para-hydroxylation sites is 1. The van der Waals surface area contributed by atoms with E-state index in [-0.39, 0.29) is 11.8 Å². The average Bonchev–Trinajstić information content (AvgIpc) is 3.86. The van der Waals surface area contributed by atoms with E-state index in [1.165, 1.54) is 38.5 Å². The number of hydrogen-bond donors (Lipinski definition) is 2. The Hall–Kier alpha value is -3.99. The van der Waals surface area contributed by atoms with Gasteiger partial charge in [0.25, 0.3) is 0 Å². The van der Waals surface area contributed by atoms with Crippen LogP contribution in [0.5, 0.6) is 5.75 Å². The molecule has 3 aliphatic carbocycles. The maximum Gasteiger partial charge on any atom is 0.225 e. The summed E-state index contributed by atoms with van der Waals surface area (Å²) in [4.78, 5) is 31.8. The highest BCUT2D eigenvalue weighted by molar-refractivity contribution is 5.78. The molecule has 9 rings (SSSR count). The van der Waals surface area contributed by atoms with Gasteiger partial charge in [0, 0.05) is 68.9 Å². The van der Waals surface area contributed by atoms with Crippen molar-refractivity contribution in [2.45, 2.75) is 75.9 Å². The molecular formula is C36H45N9O2. The Labute approximate surface area is 276 Å². The van der Waals surface area contributed by atoms with Gasteiger partial charge < -0.3 is 25.1 Å². The van der Waals surface area contributed by atoms with Crippen molar-refractivity contribution in [3.63, 3.8) is 0 Å². The first-order valence-corrected chi connectivity index (χ1v) is 17.6. The Morgan fingerprint density at radius 3 is 2.45 bits per heavy atom. The van der Waals surface area contributed by atoms with Gasteiger partial charge in [-0.2, -0.15) is 0 Å². The third kappa shape index (κ3) is 5.08. The second-order valence-electron chi connectivity index (χ2n) is 15.2. The second-order valence-corrected chi connectivity index (χ2v) is 15.2. The Kier molecular flexibility index (Phi) is 6.85. The highest BCUT2D eigenvalue weighted by atomic mass is 16.3. The number of carbonyl (C=O) groups excluding carboxylic acids is 1. The van der Waals surface area contributed by atoms with Crippen LogP contribution in [0.1, 0.15) is 58.3 Å². The van der Waals surface area contributed by atoms with E-state index in [4.69, 9.17) is 9.97 Å². The van der Waals surface area contributed by atoms with Crippen molar-refractivity contribution in [2.24, 2.45) is 11.3 Å².